The lowest BCUT2D eigenvalue weighted by atomic mass is 10.1. The zero-order chi connectivity index (χ0) is 19.4. The van der Waals surface area contributed by atoms with Gasteiger partial charge in [-0.1, -0.05) is 48.5 Å². The molecule has 3 aromatic rings. The van der Waals surface area contributed by atoms with Crippen molar-refractivity contribution in [3.63, 3.8) is 0 Å². The van der Waals surface area contributed by atoms with E-state index in [-0.39, 0.29) is 11.3 Å². The fraction of sp³-hybridized carbons (Fsp3) is 0.105. The molecule has 1 amide bonds. The highest BCUT2D eigenvalue weighted by atomic mass is 32.1. The molecule has 0 saturated heterocycles. The molecule has 0 aliphatic rings. The van der Waals surface area contributed by atoms with Gasteiger partial charge >= 0.3 is 6.18 Å². The van der Waals surface area contributed by atoms with Crippen molar-refractivity contribution in [1.29, 1.82) is 0 Å². The van der Waals surface area contributed by atoms with Gasteiger partial charge in [0.1, 0.15) is 10.7 Å². The largest absolute Gasteiger partial charge is 0.417 e. The molecule has 3 rings (SSSR count). The maximum absolute atomic E-state index is 13.0. The molecule has 0 spiro atoms. The normalized spacial score (nSPS) is 11.7. The molecule has 138 valence electrons. The Bertz CT molecular complexity index is 981. The van der Waals surface area contributed by atoms with E-state index in [1.54, 1.807) is 6.92 Å². The molecule has 27 heavy (non-hydrogen) atoms. The number of nitrogens with zero attached hydrogens (tertiary/aromatic N) is 2. The van der Waals surface area contributed by atoms with Crippen molar-refractivity contribution in [1.82, 2.24) is 10.4 Å². The predicted octanol–water partition coefficient (Wildman–Crippen LogP) is 4.90. The number of halogens is 3. The molecule has 2 aromatic carbocycles. The van der Waals surface area contributed by atoms with E-state index in [0.29, 0.717) is 9.88 Å². The summed E-state index contributed by atoms with van der Waals surface area (Å²) in [5.74, 6) is -0.577. The Hall–Kier alpha value is -3.00. The van der Waals surface area contributed by atoms with Crippen LogP contribution in [-0.2, 0) is 6.18 Å². The van der Waals surface area contributed by atoms with Gasteiger partial charge in [-0.3, -0.25) is 4.79 Å². The molecule has 0 atom stereocenters. The van der Waals surface area contributed by atoms with Crippen molar-refractivity contribution in [2.24, 2.45) is 5.10 Å². The lowest BCUT2D eigenvalue weighted by molar-refractivity contribution is -0.137. The molecular weight excluding hydrogens is 375 g/mol. The summed E-state index contributed by atoms with van der Waals surface area (Å²) < 4.78 is 38.9. The second-order valence-corrected chi connectivity index (χ2v) is 6.78. The van der Waals surface area contributed by atoms with Gasteiger partial charge in [-0.2, -0.15) is 18.3 Å². The highest BCUT2D eigenvalue weighted by Crippen LogP contribution is 2.31. The van der Waals surface area contributed by atoms with Gasteiger partial charge in [0.25, 0.3) is 5.91 Å². The van der Waals surface area contributed by atoms with E-state index < -0.39 is 17.6 Å². The second kappa shape index (κ2) is 7.71. The molecule has 0 unspecified atom stereocenters. The van der Waals surface area contributed by atoms with Crippen molar-refractivity contribution in [3.05, 3.63) is 76.3 Å². The fourth-order valence-electron chi connectivity index (χ4n) is 2.39. The third-order valence-electron chi connectivity index (χ3n) is 3.67. The van der Waals surface area contributed by atoms with Crippen LogP contribution in [0.5, 0.6) is 0 Å². The van der Waals surface area contributed by atoms with Gasteiger partial charge < -0.3 is 0 Å². The fourth-order valence-corrected chi connectivity index (χ4v) is 3.31. The predicted molar refractivity (Wildman–Crippen MR) is 98.8 cm³/mol. The Morgan fingerprint density at radius 1 is 1.11 bits per heavy atom. The zero-order valence-corrected chi connectivity index (χ0v) is 14.9. The standard InChI is InChI=1S/C19H14F3N3OS/c1-12-16(24-18(27-12)13-7-3-2-4-8-13)17(26)25-23-11-14-9-5-6-10-15(14)19(20,21)22/h2-11H,1H3,(H,25,26)/b23-11-. The van der Waals surface area contributed by atoms with Gasteiger partial charge in [0.05, 0.1) is 11.8 Å². The number of amides is 1. The highest BCUT2D eigenvalue weighted by Gasteiger charge is 2.32. The third-order valence-corrected chi connectivity index (χ3v) is 4.69. The minimum atomic E-state index is -4.50. The number of aryl methyl sites for hydroxylation is 1. The highest BCUT2D eigenvalue weighted by molar-refractivity contribution is 7.15. The van der Waals surface area contributed by atoms with Crippen molar-refractivity contribution < 1.29 is 18.0 Å². The van der Waals surface area contributed by atoms with E-state index in [2.05, 4.69) is 15.5 Å². The minimum Gasteiger partial charge on any atom is -0.266 e. The molecule has 0 aliphatic heterocycles. The number of carbonyl (C=O) groups excluding carboxylic acids is 1. The summed E-state index contributed by atoms with van der Waals surface area (Å²) in [7, 11) is 0. The van der Waals surface area contributed by atoms with Crippen LogP contribution < -0.4 is 5.43 Å². The first-order valence-electron chi connectivity index (χ1n) is 7.89. The number of rotatable bonds is 4. The third kappa shape index (κ3) is 4.40. The Kier molecular flexibility index (Phi) is 5.36. The number of aromatic nitrogens is 1. The van der Waals surface area contributed by atoms with Crippen LogP contribution in [0.15, 0.2) is 59.7 Å². The number of nitrogens with one attached hydrogen (secondary N) is 1. The first-order valence-corrected chi connectivity index (χ1v) is 8.70. The summed E-state index contributed by atoms with van der Waals surface area (Å²) >= 11 is 1.36. The van der Waals surface area contributed by atoms with Crippen LogP contribution in [0.2, 0.25) is 0 Å². The van der Waals surface area contributed by atoms with Gasteiger partial charge in [0, 0.05) is 16.0 Å². The molecule has 1 N–H and O–H groups in total. The van der Waals surface area contributed by atoms with Crippen LogP contribution in [0, 0.1) is 6.92 Å². The molecule has 0 bridgehead atoms. The van der Waals surface area contributed by atoms with Crippen molar-refractivity contribution in [2.75, 3.05) is 0 Å². The van der Waals surface area contributed by atoms with Crippen LogP contribution in [0.4, 0.5) is 13.2 Å². The summed E-state index contributed by atoms with van der Waals surface area (Å²) in [6, 6.07) is 14.4. The molecule has 0 fully saturated rings. The topological polar surface area (TPSA) is 54.4 Å². The van der Waals surface area contributed by atoms with E-state index in [9.17, 15) is 18.0 Å². The van der Waals surface area contributed by atoms with Crippen molar-refractivity contribution >= 4 is 23.5 Å². The van der Waals surface area contributed by atoms with Crippen molar-refractivity contribution in [2.45, 2.75) is 13.1 Å². The van der Waals surface area contributed by atoms with E-state index in [1.165, 1.54) is 29.5 Å². The first-order chi connectivity index (χ1) is 12.9. The smallest absolute Gasteiger partial charge is 0.266 e. The average molecular weight is 389 g/mol. The molecule has 0 radical (unpaired) electrons. The zero-order valence-electron chi connectivity index (χ0n) is 14.1. The van der Waals surface area contributed by atoms with Crippen molar-refractivity contribution in [3.8, 4) is 10.6 Å². The number of alkyl halides is 3. The number of carbonyl (C=O) groups is 1. The number of benzene rings is 2. The Balaban J connectivity index is 1.76. The van der Waals surface area contributed by atoms with Crippen LogP contribution in [0.25, 0.3) is 10.6 Å². The van der Waals surface area contributed by atoms with Gasteiger partial charge in [-0.15, -0.1) is 11.3 Å². The average Bonchev–Trinajstić information content (AvgIpc) is 3.04. The maximum Gasteiger partial charge on any atom is 0.417 e. The Labute approximate surface area is 157 Å². The molecule has 1 aromatic heterocycles. The number of hydrogen-bond acceptors (Lipinski definition) is 4. The molecule has 8 heteroatoms. The molecule has 0 aliphatic carbocycles. The first kappa shape index (κ1) is 18.8. The van der Waals surface area contributed by atoms with E-state index in [4.69, 9.17) is 0 Å². The Morgan fingerprint density at radius 3 is 2.48 bits per heavy atom. The molecule has 0 saturated carbocycles. The number of hydrazone groups is 1. The van der Waals surface area contributed by atoms with E-state index >= 15 is 0 Å². The van der Waals surface area contributed by atoms with Gasteiger partial charge in [0.2, 0.25) is 0 Å². The maximum atomic E-state index is 13.0. The summed E-state index contributed by atoms with van der Waals surface area (Å²) in [5, 5.41) is 4.34. The van der Waals surface area contributed by atoms with Crippen LogP contribution in [0.1, 0.15) is 26.5 Å². The number of thiazole rings is 1. The summed E-state index contributed by atoms with van der Waals surface area (Å²) in [4.78, 5) is 17.3. The van der Waals surface area contributed by atoms with Crippen LogP contribution in [-0.4, -0.2) is 17.1 Å². The van der Waals surface area contributed by atoms with Crippen LogP contribution >= 0.6 is 11.3 Å². The van der Waals surface area contributed by atoms with Crippen LogP contribution in [0.3, 0.4) is 0 Å². The summed E-state index contributed by atoms with van der Waals surface area (Å²) in [5.41, 5.74) is 2.36. The molecule has 4 nitrogen and oxygen atoms in total. The van der Waals surface area contributed by atoms with Gasteiger partial charge in [0.15, 0.2) is 0 Å². The SMILES string of the molecule is Cc1sc(-c2ccccc2)nc1C(=O)N/N=C\c1ccccc1C(F)(F)F. The Morgan fingerprint density at radius 2 is 1.78 bits per heavy atom. The molecule has 1 heterocycles. The van der Waals surface area contributed by atoms with E-state index in [0.717, 1.165) is 17.8 Å². The monoisotopic (exact) mass is 389 g/mol. The van der Waals surface area contributed by atoms with Gasteiger partial charge in [-0.25, -0.2) is 10.4 Å². The second-order valence-electron chi connectivity index (χ2n) is 5.57. The quantitative estimate of drug-likeness (QED) is 0.510. The van der Waals surface area contributed by atoms with Gasteiger partial charge in [-0.05, 0) is 13.0 Å². The lowest BCUT2D eigenvalue weighted by Gasteiger charge is -2.09. The lowest BCUT2D eigenvalue weighted by Crippen LogP contribution is -2.19. The summed E-state index contributed by atoms with van der Waals surface area (Å²) in [6.45, 7) is 1.75. The molecular formula is C19H14F3N3OS. The van der Waals surface area contributed by atoms with E-state index in [1.807, 2.05) is 30.3 Å². The number of hydrogen-bond donors (Lipinski definition) is 1. The summed E-state index contributed by atoms with van der Waals surface area (Å²) in [6.07, 6.45) is -3.52. The minimum absolute atomic E-state index is 0.134.